The summed E-state index contributed by atoms with van der Waals surface area (Å²) in [7, 11) is 0. The van der Waals surface area contributed by atoms with E-state index in [1.807, 2.05) is 0 Å². The summed E-state index contributed by atoms with van der Waals surface area (Å²) in [6.07, 6.45) is -0.679. The Morgan fingerprint density at radius 1 is 1.31 bits per heavy atom. The Hall–Kier alpha value is -1.02. The Balaban J connectivity index is 0.000000385. The van der Waals surface area contributed by atoms with Crippen LogP contribution in [0.2, 0.25) is 0 Å². The standard InChI is InChI=1S/C8H11NO2.H2O4Se/c9-5-8(11)6-2-1-3-7(10)4-6;1-5(2,3)4/h1-4,8,10-11H,5,9H2;(H2,1,2,3,4). The quantitative estimate of drug-likeness (QED) is 0.425. The van der Waals surface area contributed by atoms with E-state index in [1.165, 1.54) is 6.07 Å². The van der Waals surface area contributed by atoms with E-state index in [9.17, 15) is 5.11 Å². The van der Waals surface area contributed by atoms with E-state index in [-0.39, 0.29) is 12.3 Å². The second-order valence-electron chi connectivity index (χ2n) is 2.79. The Labute approximate surface area is 94.1 Å². The Kier molecular flexibility index (Phi) is 6.12. The molecule has 0 heterocycles. The maximum atomic E-state index is 9.22. The molecule has 0 bridgehead atoms. The van der Waals surface area contributed by atoms with Gasteiger partial charge in [-0.1, -0.05) is 12.1 Å². The number of phenols is 1. The summed E-state index contributed by atoms with van der Waals surface area (Å²) in [6.45, 7) is 0.170. The van der Waals surface area contributed by atoms with Crippen LogP contribution in [0.4, 0.5) is 0 Å². The normalized spacial score (nSPS) is 12.5. The van der Waals surface area contributed by atoms with Crippen molar-refractivity contribution in [1.82, 2.24) is 0 Å². The molecule has 0 saturated carbocycles. The van der Waals surface area contributed by atoms with Crippen LogP contribution in [-0.2, 0) is 7.67 Å². The summed E-state index contributed by atoms with van der Waals surface area (Å²) < 4.78 is 31.9. The number of rotatable bonds is 2. The molecule has 1 aromatic carbocycles. The number of nitrogens with two attached hydrogens (primary N) is 1. The summed E-state index contributed by atoms with van der Waals surface area (Å²) in [5.74, 6) is 0.148. The molecule has 7 nitrogen and oxygen atoms in total. The van der Waals surface area contributed by atoms with Crippen molar-refractivity contribution in [3.63, 3.8) is 0 Å². The molecule has 1 atom stereocenters. The van der Waals surface area contributed by atoms with Crippen molar-refractivity contribution < 1.29 is 26.3 Å². The molecule has 8 heteroatoms. The molecule has 0 fully saturated rings. The molecule has 0 aromatic heterocycles. The number of aliphatic hydroxyl groups excluding tert-OH is 1. The van der Waals surface area contributed by atoms with E-state index in [0.29, 0.717) is 5.56 Å². The van der Waals surface area contributed by atoms with Gasteiger partial charge in [0.1, 0.15) is 5.75 Å². The van der Waals surface area contributed by atoms with Gasteiger partial charge in [0.2, 0.25) is 0 Å². The predicted molar refractivity (Wildman–Crippen MR) is 53.7 cm³/mol. The van der Waals surface area contributed by atoms with Gasteiger partial charge in [-0.25, -0.2) is 0 Å². The van der Waals surface area contributed by atoms with Gasteiger partial charge in [0.05, 0.1) is 6.10 Å². The summed E-state index contributed by atoms with van der Waals surface area (Å²) >= 11 is -5.25. The molecule has 1 rings (SSSR count). The molecule has 1 aromatic rings. The van der Waals surface area contributed by atoms with Crippen molar-refractivity contribution in [2.45, 2.75) is 6.10 Å². The first-order chi connectivity index (χ1) is 7.24. The number of hydrogen-bond donors (Lipinski definition) is 5. The van der Waals surface area contributed by atoms with Crippen LogP contribution in [0.3, 0.4) is 0 Å². The van der Waals surface area contributed by atoms with Crippen LogP contribution in [0.25, 0.3) is 0 Å². The molecule has 0 spiro atoms. The third kappa shape index (κ3) is 8.30. The number of aliphatic hydroxyl groups is 1. The second-order valence-corrected chi connectivity index (χ2v) is 4.67. The molecule has 0 amide bonds. The van der Waals surface area contributed by atoms with Crippen molar-refractivity contribution in [3.8, 4) is 5.75 Å². The molecule has 1 unspecified atom stereocenters. The molecule has 16 heavy (non-hydrogen) atoms. The predicted octanol–water partition coefficient (Wildman–Crippen LogP) is -1.35. The summed E-state index contributed by atoms with van der Waals surface area (Å²) in [5.41, 5.74) is 5.87. The van der Waals surface area contributed by atoms with Crippen molar-refractivity contribution in [2.24, 2.45) is 5.73 Å². The first kappa shape index (κ1) is 15.0. The fraction of sp³-hybridized carbons (Fsp3) is 0.250. The van der Waals surface area contributed by atoms with Crippen LogP contribution >= 0.6 is 0 Å². The van der Waals surface area contributed by atoms with Crippen LogP contribution < -0.4 is 5.73 Å². The molecule has 0 radical (unpaired) electrons. The average molecular weight is 298 g/mol. The number of aromatic hydroxyl groups is 1. The first-order valence-corrected chi connectivity index (χ1v) is 7.04. The summed E-state index contributed by atoms with van der Waals surface area (Å²) in [5, 5.41) is 18.2. The van der Waals surface area contributed by atoms with E-state index in [4.69, 9.17) is 26.9 Å². The van der Waals surface area contributed by atoms with Gasteiger partial charge in [-0.2, -0.15) is 0 Å². The Morgan fingerprint density at radius 2 is 1.81 bits per heavy atom. The molecule has 6 N–H and O–H groups in total. The van der Waals surface area contributed by atoms with Gasteiger partial charge < -0.3 is 15.9 Å². The van der Waals surface area contributed by atoms with E-state index < -0.39 is 19.5 Å². The molecular formula is C8H13NO6Se. The van der Waals surface area contributed by atoms with Crippen LogP contribution in [0.15, 0.2) is 24.3 Å². The van der Waals surface area contributed by atoms with Gasteiger partial charge in [-0.3, -0.25) is 0 Å². The maximum absolute atomic E-state index is 9.22. The Morgan fingerprint density at radius 3 is 2.19 bits per heavy atom. The minimum atomic E-state index is -5.25. The second kappa shape index (κ2) is 6.54. The fourth-order valence-corrected chi connectivity index (χ4v) is 0.868. The van der Waals surface area contributed by atoms with Gasteiger partial charge >= 0.3 is 29.4 Å². The molecule has 0 aliphatic rings. The molecule has 0 aliphatic carbocycles. The van der Waals surface area contributed by atoms with Crippen LogP contribution in [0, 0.1) is 0 Å². The van der Waals surface area contributed by atoms with Crippen LogP contribution in [0.1, 0.15) is 11.7 Å². The number of phenolic OH excluding ortho intramolecular Hbond substituents is 1. The Bertz CT molecular complexity index is 410. The van der Waals surface area contributed by atoms with Crippen LogP contribution in [0.5, 0.6) is 5.75 Å². The van der Waals surface area contributed by atoms with E-state index in [2.05, 4.69) is 0 Å². The zero-order chi connectivity index (χ0) is 12.8. The molecule has 0 saturated heterocycles. The monoisotopic (exact) mass is 299 g/mol. The van der Waals surface area contributed by atoms with Crippen LogP contribution in [-0.4, -0.2) is 38.5 Å². The van der Waals surface area contributed by atoms with Gasteiger partial charge in [0.15, 0.2) is 0 Å². The summed E-state index contributed by atoms with van der Waals surface area (Å²) in [6, 6.07) is 6.44. The van der Waals surface area contributed by atoms with E-state index in [0.717, 1.165) is 0 Å². The van der Waals surface area contributed by atoms with Crippen molar-refractivity contribution in [3.05, 3.63) is 29.8 Å². The topological polar surface area (TPSA) is 141 Å². The van der Waals surface area contributed by atoms with Crippen molar-refractivity contribution >= 4 is 13.4 Å². The van der Waals surface area contributed by atoms with Crippen molar-refractivity contribution in [1.29, 1.82) is 0 Å². The van der Waals surface area contributed by atoms with Gasteiger partial charge in [0.25, 0.3) is 0 Å². The van der Waals surface area contributed by atoms with Gasteiger partial charge in [0, 0.05) is 6.54 Å². The van der Waals surface area contributed by atoms with E-state index in [1.54, 1.807) is 18.2 Å². The minimum absolute atomic E-state index is 0.148. The average Bonchev–Trinajstić information content (AvgIpc) is 2.14. The van der Waals surface area contributed by atoms with Gasteiger partial charge in [-0.05, 0) is 17.7 Å². The number of benzene rings is 1. The third-order valence-corrected chi connectivity index (χ3v) is 1.48. The molecule has 0 aliphatic heterocycles. The van der Waals surface area contributed by atoms with Gasteiger partial charge in [-0.15, -0.1) is 0 Å². The third-order valence-electron chi connectivity index (χ3n) is 1.48. The summed E-state index contributed by atoms with van der Waals surface area (Å²) in [4.78, 5) is 0. The SMILES string of the molecule is NCC(O)c1cccc(O)c1.O=[Se](=O)(O)O. The fourth-order valence-electron chi connectivity index (χ4n) is 0.868. The first-order valence-electron chi connectivity index (χ1n) is 4.11. The zero-order valence-corrected chi connectivity index (χ0v) is 9.90. The van der Waals surface area contributed by atoms with Crippen molar-refractivity contribution in [2.75, 3.05) is 6.54 Å². The van der Waals surface area contributed by atoms with E-state index >= 15 is 0 Å². The zero-order valence-electron chi connectivity index (χ0n) is 8.18. The number of hydrogen-bond acceptors (Lipinski definition) is 5. The molecule has 92 valence electrons. The molecular weight excluding hydrogens is 285 g/mol.